The Morgan fingerprint density at radius 2 is 1.22 bits per heavy atom. The lowest BCUT2D eigenvalue weighted by molar-refractivity contribution is 0.0735. The largest absolute Gasteiger partial charge is 0.423 e. The van der Waals surface area contributed by atoms with Crippen molar-refractivity contribution >= 4 is 33.3 Å². The predicted molar refractivity (Wildman–Crippen MR) is 108 cm³/mol. The van der Waals surface area contributed by atoms with Gasteiger partial charge in [-0.15, -0.1) is 0 Å². The van der Waals surface area contributed by atoms with Crippen molar-refractivity contribution in [3.05, 3.63) is 89.5 Å². The van der Waals surface area contributed by atoms with E-state index in [0.717, 1.165) is 21.5 Å². The first kappa shape index (κ1) is 17.0. The molecule has 0 fully saturated rings. The van der Waals surface area contributed by atoms with E-state index in [9.17, 15) is 9.59 Å². The second-order valence-corrected chi connectivity index (χ2v) is 6.73. The van der Waals surface area contributed by atoms with E-state index >= 15 is 0 Å². The number of hydrogen-bond donors (Lipinski definition) is 0. The molecule has 3 heteroatoms. The molecule has 0 aromatic heterocycles. The molecule has 0 radical (unpaired) electrons. The van der Waals surface area contributed by atoms with Gasteiger partial charge in [0.05, 0.1) is 5.56 Å². The Balaban J connectivity index is 1.61. The van der Waals surface area contributed by atoms with Crippen LogP contribution in [0.4, 0.5) is 0 Å². The highest BCUT2D eigenvalue weighted by molar-refractivity contribution is 5.99. The molecule has 0 bridgehead atoms. The van der Waals surface area contributed by atoms with Gasteiger partial charge in [0.2, 0.25) is 0 Å². The van der Waals surface area contributed by atoms with E-state index in [4.69, 9.17) is 4.74 Å². The smallest absolute Gasteiger partial charge is 0.343 e. The zero-order valence-electron chi connectivity index (χ0n) is 15.2. The van der Waals surface area contributed by atoms with Crippen molar-refractivity contribution in [2.45, 2.75) is 13.8 Å². The fraction of sp³-hybridized carbons (Fsp3) is 0.0833. The van der Waals surface area contributed by atoms with Crippen molar-refractivity contribution in [1.29, 1.82) is 0 Å². The first-order valence-corrected chi connectivity index (χ1v) is 8.77. The van der Waals surface area contributed by atoms with Gasteiger partial charge in [0.25, 0.3) is 0 Å². The minimum absolute atomic E-state index is 0.0268. The Kier molecular flexibility index (Phi) is 4.21. The minimum atomic E-state index is -0.391. The molecule has 0 saturated carbocycles. The van der Waals surface area contributed by atoms with E-state index < -0.39 is 5.97 Å². The molecule has 0 atom stereocenters. The van der Waals surface area contributed by atoms with Gasteiger partial charge < -0.3 is 4.74 Å². The van der Waals surface area contributed by atoms with Gasteiger partial charge in [-0.1, -0.05) is 48.0 Å². The molecule has 0 heterocycles. The molecule has 0 aliphatic rings. The summed E-state index contributed by atoms with van der Waals surface area (Å²) < 4.78 is 5.55. The lowest BCUT2D eigenvalue weighted by atomic mass is 10.0. The van der Waals surface area contributed by atoms with Crippen LogP contribution in [0.25, 0.3) is 21.5 Å². The Morgan fingerprint density at radius 1 is 0.667 bits per heavy atom. The minimum Gasteiger partial charge on any atom is -0.423 e. The summed E-state index contributed by atoms with van der Waals surface area (Å²) in [6.07, 6.45) is 0. The second-order valence-electron chi connectivity index (χ2n) is 6.73. The quantitative estimate of drug-likeness (QED) is 0.268. The zero-order chi connectivity index (χ0) is 19.0. The third kappa shape index (κ3) is 3.44. The first-order chi connectivity index (χ1) is 13.0. The van der Waals surface area contributed by atoms with Crippen LogP contribution in [0, 0.1) is 6.92 Å². The molecule has 0 amide bonds. The molecule has 27 heavy (non-hydrogen) atoms. The first-order valence-electron chi connectivity index (χ1n) is 8.77. The van der Waals surface area contributed by atoms with Crippen molar-refractivity contribution in [3.8, 4) is 5.75 Å². The van der Waals surface area contributed by atoms with E-state index in [1.807, 2.05) is 55.5 Å². The van der Waals surface area contributed by atoms with Gasteiger partial charge in [0, 0.05) is 5.56 Å². The summed E-state index contributed by atoms with van der Waals surface area (Å²) >= 11 is 0. The van der Waals surface area contributed by atoms with Crippen LogP contribution in [0.2, 0.25) is 0 Å². The van der Waals surface area contributed by atoms with Crippen molar-refractivity contribution in [1.82, 2.24) is 0 Å². The van der Waals surface area contributed by atoms with Gasteiger partial charge in [0.15, 0.2) is 5.78 Å². The van der Waals surface area contributed by atoms with Gasteiger partial charge in [-0.2, -0.15) is 0 Å². The summed E-state index contributed by atoms with van der Waals surface area (Å²) in [7, 11) is 0. The number of Topliss-reactive ketones (excluding diaryl/α,β-unsaturated/α-hetero) is 1. The van der Waals surface area contributed by atoms with Gasteiger partial charge >= 0.3 is 5.97 Å². The van der Waals surface area contributed by atoms with E-state index in [1.54, 1.807) is 25.1 Å². The molecular formula is C24H18O3. The average Bonchev–Trinajstić information content (AvgIpc) is 2.67. The van der Waals surface area contributed by atoms with Crippen LogP contribution < -0.4 is 4.74 Å². The number of carbonyl (C=O) groups is 2. The highest BCUT2D eigenvalue weighted by Crippen LogP contribution is 2.24. The molecule has 132 valence electrons. The number of ether oxygens (including phenoxy) is 1. The molecule has 0 unspecified atom stereocenters. The van der Waals surface area contributed by atoms with Gasteiger partial charge in [-0.25, -0.2) is 4.79 Å². The van der Waals surface area contributed by atoms with Crippen LogP contribution in [-0.2, 0) is 0 Å². The van der Waals surface area contributed by atoms with Crippen molar-refractivity contribution < 1.29 is 14.3 Å². The standard InChI is InChI=1S/C24H18O3/c1-15-3-4-19-13-22(8-7-18(19)11-15)24(26)27-23-10-9-20-12-17(16(2)25)5-6-21(20)14-23/h3-14H,1-2H3. The van der Waals surface area contributed by atoms with E-state index in [0.29, 0.717) is 16.9 Å². The van der Waals surface area contributed by atoms with Gasteiger partial charge in [0.1, 0.15) is 5.75 Å². The highest BCUT2D eigenvalue weighted by atomic mass is 16.5. The maximum atomic E-state index is 12.5. The monoisotopic (exact) mass is 354 g/mol. The Hall–Kier alpha value is -3.46. The predicted octanol–water partition coefficient (Wildman–Crippen LogP) is 5.72. The van der Waals surface area contributed by atoms with Gasteiger partial charge in [-0.05, 0) is 65.7 Å². The average molecular weight is 354 g/mol. The Bertz CT molecular complexity index is 1200. The second kappa shape index (κ2) is 6.69. The van der Waals surface area contributed by atoms with Crippen LogP contribution in [0.3, 0.4) is 0 Å². The third-order valence-electron chi connectivity index (χ3n) is 4.66. The molecule has 4 rings (SSSR count). The summed E-state index contributed by atoms with van der Waals surface area (Å²) in [5, 5.41) is 3.95. The summed E-state index contributed by atoms with van der Waals surface area (Å²) in [5.74, 6) is 0.114. The Morgan fingerprint density at radius 3 is 1.96 bits per heavy atom. The number of benzene rings is 4. The summed E-state index contributed by atoms with van der Waals surface area (Å²) in [4.78, 5) is 24.0. The molecule has 0 saturated heterocycles. The van der Waals surface area contributed by atoms with Crippen molar-refractivity contribution in [2.75, 3.05) is 0 Å². The SMILES string of the molecule is CC(=O)c1ccc2cc(OC(=O)c3ccc4cc(C)ccc4c3)ccc2c1. The van der Waals surface area contributed by atoms with Crippen molar-refractivity contribution in [2.24, 2.45) is 0 Å². The lowest BCUT2D eigenvalue weighted by Gasteiger charge is -2.08. The molecule has 0 aliphatic heterocycles. The van der Waals surface area contributed by atoms with Crippen molar-refractivity contribution in [3.63, 3.8) is 0 Å². The molecule has 0 aliphatic carbocycles. The van der Waals surface area contributed by atoms with Crippen LogP contribution in [-0.4, -0.2) is 11.8 Å². The van der Waals surface area contributed by atoms with Crippen LogP contribution in [0.1, 0.15) is 33.2 Å². The maximum Gasteiger partial charge on any atom is 0.343 e. The summed E-state index contributed by atoms with van der Waals surface area (Å²) in [6.45, 7) is 3.59. The molecular weight excluding hydrogens is 336 g/mol. The maximum absolute atomic E-state index is 12.5. The number of fused-ring (bicyclic) bond motifs is 2. The normalized spacial score (nSPS) is 10.9. The van der Waals surface area contributed by atoms with Gasteiger partial charge in [-0.3, -0.25) is 4.79 Å². The molecule has 4 aromatic rings. The molecule has 0 spiro atoms. The number of carbonyl (C=O) groups excluding carboxylic acids is 2. The molecule has 4 aromatic carbocycles. The number of ketones is 1. The summed E-state index contributed by atoms with van der Waals surface area (Å²) in [6, 6.07) is 22.6. The number of esters is 1. The lowest BCUT2D eigenvalue weighted by Crippen LogP contribution is -2.08. The number of hydrogen-bond acceptors (Lipinski definition) is 3. The van der Waals surface area contributed by atoms with Crippen LogP contribution in [0.5, 0.6) is 5.75 Å². The van der Waals surface area contributed by atoms with E-state index in [-0.39, 0.29) is 5.78 Å². The number of rotatable bonds is 3. The van der Waals surface area contributed by atoms with Crippen LogP contribution >= 0.6 is 0 Å². The summed E-state index contributed by atoms with van der Waals surface area (Å²) in [5.41, 5.74) is 2.36. The third-order valence-corrected chi connectivity index (χ3v) is 4.66. The topological polar surface area (TPSA) is 43.4 Å². The fourth-order valence-corrected chi connectivity index (χ4v) is 3.16. The molecule has 3 nitrogen and oxygen atoms in total. The van der Waals surface area contributed by atoms with E-state index in [2.05, 4.69) is 6.07 Å². The van der Waals surface area contributed by atoms with E-state index in [1.165, 1.54) is 5.56 Å². The zero-order valence-corrected chi connectivity index (χ0v) is 15.2. The number of aryl methyl sites for hydroxylation is 1. The molecule has 0 N–H and O–H groups in total. The van der Waals surface area contributed by atoms with Crippen LogP contribution in [0.15, 0.2) is 72.8 Å². The highest BCUT2D eigenvalue weighted by Gasteiger charge is 2.10. The Labute approximate surface area is 157 Å². The fourth-order valence-electron chi connectivity index (χ4n) is 3.16.